The quantitative estimate of drug-likeness (QED) is 0.783. The number of nitrogens with zero attached hydrogens (tertiary/aromatic N) is 1. The molecule has 0 aromatic heterocycles. The number of benzene rings is 2. The Balaban J connectivity index is 2.44. The lowest BCUT2D eigenvalue weighted by molar-refractivity contribution is 0.592. The summed E-state index contributed by atoms with van der Waals surface area (Å²) < 4.78 is 27.0. The lowest BCUT2D eigenvalue weighted by atomic mass is 10.2. The molecule has 0 aliphatic carbocycles. The summed E-state index contributed by atoms with van der Waals surface area (Å²) in [4.78, 5) is 1.37. The second-order valence-corrected chi connectivity index (χ2v) is 7.43. The number of aryl methyl sites for hydroxylation is 1. The standard InChI is InChI=1S/C16H19NO2S2/c1-4-17(14-7-5-6-13(2)12-14)21(18,19)16-10-8-15(20-3)9-11-16/h5-12H,4H2,1-3H3. The first-order valence-corrected chi connectivity index (χ1v) is 9.39. The van der Waals surface area contributed by atoms with E-state index in [1.165, 1.54) is 4.31 Å². The van der Waals surface area contributed by atoms with Crippen LogP contribution in [0.5, 0.6) is 0 Å². The van der Waals surface area contributed by atoms with Crippen molar-refractivity contribution in [3.05, 3.63) is 54.1 Å². The Morgan fingerprint density at radius 1 is 1.10 bits per heavy atom. The van der Waals surface area contributed by atoms with E-state index in [1.807, 2.05) is 56.5 Å². The summed E-state index contributed by atoms with van der Waals surface area (Å²) in [5, 5.41) is 0. The highest BCUT2D eigenvalue weighted by Gasteiger charge is 2.23. The Bertz CT molecular complexity index is 709. The second-order valence-electron chi connectivity index (χ2n) is 4.68. The van der Waals surface area contributed by atoms with E-state index < -0.39 is 10.0 Å². The van der Waals surface area contributed by atoms with E-state index in [2.05, 4.69) is 0 Å². The third-order valence-electron chi connectivity index (χ3n) is 3.22. The molecule has 112 valence electrons. The van der Waals surface area contributed by atoms with Gasteiger partial charge in [0.05, 0.1) is 10.6 Å². The second kappa shape index (κ2) is 6.54. The van der Waals surface area contributed by atoms with Crippen LogP contribution in [0.2, 0.25) is 0 Å². The topological polar surface area (TPSA) is 37.4 Å². The van der Waals surface area contributed by atoms with Crippen molar-refractivity contribution in [2.75, 3.05) is 17.1 Å². The van der Waals surface area contributed by atoms with E-state index in [1.54, 1.807) is 23.9 Å². The first-order valence-electron chi connectivity index (χ1n) is 6.72. The Hall–Kier alpha value is -1.46. The molecule has 0 saturated carbocycles. The Labute approximate surface area is 131 Å². The van der Waals surface area contributed by atoms with Crippen LogP contribution in [0.3, 0.4) is 0 Å². The predicted molar refractivity (Wildman–Crippen MR) is 89.6 cm³/mol. The third kappa shape index (κ3) is 3.41. The van der Waals surface area contributed by atoms with E-state index in [0.29, 0.717) is 17.1 Å². The van der Waals surface area contributed by atoms with Crippen molar-refractivity contribution in [3.63, 3.8) is 0 Å². The minimum atomic E-state index is -3.52. The Kier molecular flexibility index (Phi) is 4.96. The molecule has 0 unspecified atom stereocenters. The number of thioether (sulfide) groups is 1. The molecule has 0 radical (unpaired) electrons. The number of sulfonamides is 1. The van der Waals surface area contributed by atoms with Crippen LogP contribution in [0.4, 0.5) is 5.69 Å². The van der Waals surface area contributed by atoms with Gasteiger partial charge in [-0.15, -0.1) is 11.8 Å². The fourth-order valence-electron chi connectivity index (χ4n) is 2.15. The molecule has 0 fully saturated rings. The summed E-state index contributed by atoms with van der Waals surface area (Å²) in [5.74, 6) is 0. The van der Waals surface area contributed by atoms with E-state index >= 15 is 0 Å². The SMILES string of the molecule is CCN(c1cccc(C)c1)S(=O)(=O)c1ccc(SC)cc1. The zero-order chi connectivity index (χ0) is 15.5. The van der Waals surface area contributed by atoms with Crippen LogP contribution in [0.1, 0.15) is 12.5 Å². The Morgan fingerprint density at radius 3 is 2.29 bits per heavy atom. The molecule has 0 saturated heterocycles. The van der Waals surface area contributed by atoms with Crippen LogP contribution in [0.15, 0.2) is 58.3 Å². The predicted octanol–water partition coefficient (Wildman–Crippen LogP) is 3.93. The minimum Gasteiger partial charge on any atom is -0.267 e. The molecule has 2 aromatic rings. The highest BCUT2D eigenvalue weighted by Crippen LogP contribution is 2.25. The first-order chi connectivity index (χ1) is 9.98. The maximum atomic E-state index is 12.8. The average Bonchev–Trinajstić information content (AvgIpc) is 2.48. The van der Waals surface area contributed by atoms with Gasteiger partial charge in [0.2, 0.25) is 0 Å². The molecule has 5 heteroatoms. The number of anilines is 1. The largest absolute Gasteiger partial charge is 0.267 e. The summed E-state index contributed by atoms with van der Waals surface area (Å²) in [5.41, 5.74) is 1.74. The summed E-state index contributed by atoms with van der Waals surface area (Å²) in [6.07, 6.45) is 1.97. The molecule has 0 N–H and O–H groups in total. The maximum absolute atomic E-state index is 12.8. The number of hydrogen-bond donors (Lipinski definition) is 0. The summed E-state index contributed by atoms with van der Waals surface area (Å²) in [6.45, 7) is 4.20. The average molecular weight is 321 g/mol. The van der Waals surface area contributed by atoms with Crippen molar-refractivity contribution >= 4 is 27.5 Å². The molecule has 2 aromatic carbocycles. The van der Waals surface area contributed by atoms with Gasteiger partial charge in [0.25, 0.3) is 10.0 Å². The van der Waals surface area contributed by atoms with Crippen LogP contribution in [-0.4, -0.2) is 21.2 Å². The molecule has 0 aliphatic heterocycles. The van der Waals surface area contributed by atoms with Crippen LogP contribution >= 0.6 is 11.8 Å². The molecule has 21 heavy (non-hydrogen) atoms. The van der Waals surface area contributed by atoms with Crippen molar-refractivity contribution in [2.45, 2.75) is 23.6 Å². The molecule has 0 heterocycles. The van der Waals surface area contributed by atoms with Crippen molar-refractivity contribution in [1.82, 2.24) is 0 Å². The zero-order valence-electron chi connectivity index (χ0n) is 12.4. The summed E-state index contributed by atoms with van der Waals surface area (Å²) in [6, 6.07) is 14.5. The molecule has 0 atom stereocenters. The maximum Gasteiger partial charge on any atom is 0.264 e. The molecule has 0 spiro atoms. The van der Waals surface area contributed by atoms with Crippen molar-refractivity contribution in [2.24, 2.45) is 0 Å². The van der Waals surface area contributed by atoms with E-state index in [0.717, 1.165) is 10.5 Å². The van der Waals surface area contributed by atoms with Gasteiger partial charge < -0.3 is 0 Å². The van der Waals surface area contributed by atoms with Gasteiger partial charge >= 0.3 is 0 Å². The van der Waals surface area contributed by atoms with Crippen molar-refractivity contribution in [1.29, 1.82) is 0 Å². The molecule has 3 nitrogen and oxygen atoms in total. The van der Waals surface area contributed by atoms with Gasteiger partial charge in [-0.05, 0) is 62.1 Å². The molecular formula is C16H19NO2S2. The summed E-state index contributed by atoms with van der Waals surface area (Å²) in [7, 11) is -3.52. The molecular weight excluding hydrogens is 302 g/mol. The van der Waals surface area contributed by atoms with Gasteiger partial charge in [0, 0.05) is 11.4 Å². The van der Waals surface area contributed by atoms with Gasteiger partial charge in [0.15, 0.2) is 0 Å². The van der Waals surface area contributed by atoms with Crippen LogP contribution < -0.4 is 4.31 Å². The smallest absolute Gasteiger partial charge is 0.264 e. The van der Waals surface area contributed by atoms with Crippen molar-refractivity contribution in [3.8, 4) is 0 Å². The van der Waals surface area contributed by atoms with E-state index in [-0.39, 0.29) is 0 Å². The third-order valence-corrected chi connectivity index (χ3v) is 5.89. The zero-order valence-corrected chi connectivity index (χ0v) is 14.0. The molecule has 0 aliphatic rings. The number of hydrogen-bond acceptors (Lipinski definition) is 3. The first kappa shape index (κ1) is 15.9. The normalized spacial score (nSPS) is 11.4. The van der Waals surface area contributed by atoms with Gasteiger partial charge in [-0.3, -0.25) is 4.31 Å². The highest BCUT2D eigenvalue weighted by molar-refractivity contribution is 7.98. The van der Waals surface area contributed by atoms with Gasteiger partial charge in [-0.1, -0.05) is 12.1 Å². The van der Waals surface area contributed by atoms with Crippen LogP contribution in [-0.2, 0) is 10.0 Å². The lowest BCUT2D eigenvalue weighted by Gasteiger charge is -2.23. The van der Waals surface area contributed by atoms with E-state index in [9.17, 15) is 8.42 Å². The van der Waals surface area contributed by atoms with Crippen LogP contribution in [0.25, 0.3) is 0 Å². The lowest BCUT2D eigenvalue weighted by Crippen LogP contribution is -2.30. The van der Waals surface area contributed by atoms with Crippen molar-refractivity contribution < 1.29 is 8.42 Å². The molecule has 0 amide bonds. The monoisotopic (exact) mass is 321 g/mol. The Morgan fingerprint density at radius 2 is 1.76 bits per heavy atom. The molecule has 0 bridgehead atoms. The van der Waals surface area contributed by atoms with Gasteiger partial charge in [-0.25, -0.2) is 8.42 Å². The van der Waals surface area contributed by atoms with Gasteiger partial charge in [0.1, 0.15) is 0 Å². The van der Waals surface area contributed by atoms with E-state index in [4.69, 9.17) is 0 Å². The number of rotatable bonds is 5. The fourth-order valence-corrected chi connectivity index (χ4v) is 4.02. The van der Waals surface area contributed by atoms with Gasteiger partial charge in [-0.2, -0.15) is 0 Å². The fraction of sp³-hybridized carbons (Fsp3) is 0.250. The minimum absolute atomic E-state index is 0.323. The summed E-state index contributed by atoms with van der Waals surface area (Å²) >= 11 is 1.59. The molecule has 2 rings (SSSR count). The van der Waals surface area contributed by atoms with Crippen LogP contribution in [0, 0.1) is 6.92 Å². The highest BCUT2D eigenvalue weighted by atomic mass is 32.2.